The lowest BCUT2D eigenvalue weighted by atomic mass is 9.87. The first-order chi connectivity index (χ1) is 11.8. The molecule has 1 aromatic rings. The van der Waals surface area contributed by atoms with Gasteiger partial charge < -0.3 is 10.2 Å². The van der Waals surface area contributed by atoms with Gasteiger partial charge in [-0.1, -0.05) is 37.8 Å². The van der Waals surface area contributed by atoms with Crippen LogP contribution in [0.15, 0.2) is 6.20 Å². The van der Waals surface area contributed by atoms with Crippen LogP contribution in [0.25, 0.3) is 0 Å². The van der Waals surface area contributed by atoms with Gasteiger partial charge in [-0.2, -0.15) is 0 Å². The quantitative estimate of drug-likeness (QED) is 0.839. The topological polar surface area (TPSA) is 63.1 Å². The van der Waals surface area contributed by atoms with E-state index < -0.39 is 0 Å². The van der Waals surface area contributed by atoms with Crippen molar-refractivity contribution in [1.29, 1.82) is 0 Å². The molecule has 1 aliphatic heterocycles. The number of nitrogens with one attached hydrogen (secondary N) is 1. The normalized spacial score (nSPS) is 20.3. The second kappa shape index (κ2) is 8.49. The van der Waals surface area contributed by atoms with Crippen molar-refractivity contribution in [3.8, 4) is 0 Å². The van der Waals surface area contributed by atoms with E-state index in [9.17, 15) is 4.79 Å². The van der Waals surface area contributed by atoms with Gasteiger partial charge in [0.25, 0.3) is 0 Å². The van der Waals surface area contributed by atoms with Crippen molar-refractivity contribution >= 4 is 6.03 Å². The van der Waals surface area contributed by atoms with E-state index in [4.69, 9.17) is 0 Å². The van der Waals surface area contributed by atoms with Gasteiger partial charge in [0.2, 0.25) is 0 Å². The maximum Gasteiger partial charge on any atom is 0.317 e. The number of amides is 2. The highest BCUT2D eigenvalue weighted by molar-refractivity contribution is 5.74. The van der Waals surface area contributed by atoms with Crippen LogP contribution in [-0.2, 0) is 0 Å². The predicted molar refractivity (Wildman–Crippen MR) is 94.0 cm³/mol. The summed E-state index contributed by atoms with van der Waals surface area (Å²) in [5, 5.41) is 11.8. The Balaban J connectivity index is 1.48. The number of hydrogen-bond acceptors (Lipinski definition) is 3. The Morgan fingerprint density at radius 3 is 2.67 bits per heavy atom. The maximum absolute atomic E-state index is 12.1. The van der Waals surface area contributed by atoms with Crippen LogP contribution >= 0.6 is 0 Å². The highest BCUT2D eigenvalue weighted by Gasteiger charge is 2.25. The van der Waals surface area contributed by atoms with E-state index in [0.29, 0.717) is 12.0 Å². The zero-order valence-corrected chi connectivity index (χ0v) is 14.9. The number of nitrogens with zero attached hydrogens (tertiary/aromatic N) is 4. The molecular weight excluding hydrogens is 302 g/mol. The van der Waals surface area contributed by atoms with E-state index in [-0.39, 0.29) is 6.03 Å². The fourth-order valence-corrected chi connectivity index (χ4v) is 3.87. The highest BCUT2D eigenvalue weighted by Crippen LogP contribution is 2.32. The number of carbonyl (C=O) groups is 1. The van der Waals surface area contributed by atoms with E-state index in [0.717, 1.165) is 45.3 Å². The van der Waals surface area contributed by atoms with E-state index >= 15 is 0 Å². The van der Waals surface area contributed by atoms with Crippen LogP contribution in [0.2, 0.25) is 0 Å². The Hall–Kier alpha value is -1.59. The van der Waals surface area contributed by atoms with Crippen molar-refractivity contribution < 1.29 is 4.79 Å². The lowest BCUT2D eigenvalue weighted by Crippen LogP contribution is -2.45. The summed E-state index contributed by atoms with van der Waals surface area (Å²) in [6, 6.07) is 0.470. The van der Waals surface area contributed by atoms with Crippen LogP contribution in [0.1, 0.15) is 82.4 Å². The number of rotatable bonds is 5. The van der Waals surface area contributed by atoms with E-state index in [2.05, 4.69) is 33.4 Å². The van der Waals surface area contributed by atoms with Gasteiger partial charge >= 0.3 is 6.03 Å². The van der Waals surface area contributed by atoms with Crippen molar-refractivity contribution in [3.05, 3.63) is 11.9 Å². The Bertz CT molecular complexity index is 515. The fourth-order valence-electron chi connectivity index (χ4n) is 3.87. The first kappa shape index (κ1) is 17.2. The van der Waals surface area contributed by atoms with Crippen LogP contribution in [0.3, 0.4) is 0 Å². The summed E-state index contributed by atoms with van der Waals surface area (Å²) in [5.74, 6) is 0.608. The summed E-state index contributed by atoms with van der Waals surface area (Å²) >= 11 is 0. The Kier molecular flexibility index (Phi) is 6.10. The summed E-state index contributed by atoms with van der Waals surface area (Å²) in [5.41, 5.74) is 1.18. The van der Waals surface area contributed by atoms with Gasteiger partial charge in [-0.05, 0) is 32.1 Å². The molecule has 2 amide bonds. The molecule has 2 heterocycles. The monoisotopic (exact) mass is 333 g/mol. The molecule has 6 nitrogen and oxygen atoms in total. The van der Waals surface area contributed by atoms with E-state index in [1.54, 1.807) is 0 Å². The minimum absolute atomic E-state index is 0.0865. The average molecular weight is 333 g/mol. The van der Waals surface area contributed by atoms with Crippen molar-refractivity contribution in [3.63, 3.8) is 0 Å². The first-order valence-corrected chi connectivity index (χ1v) is 9.72. The van der Waals surface area contributed by atoms with Crippen LogP contribution in [0.5, 0.6) is 0 Å². The SMILES string of the molecule is CCCCNC(=O)N1CCC(n2cc(C3CCCCC3)nn2)CC1. The van der Waals surface area contributed by atoms with Crippen molar-refractivity contribution in [2.75, 3.05) is 19.6 Å². The molecule has 0 atom stereocenters. The van der Waals surface area contributed by atoms with Gasteiger partial charge in [0, 0.05) is 31.7 Å². The van der Waals surface area contributed by atoms with Crippen LogP contribution in [0, 0.1) is 0 Å². The smallest absolute Gasteiger partial charge is 0.317 e. The van der Waals surface area contributed by atoms with Crippen LogP contribution in [-0.4, -0.2) is 45.6 Å². The Morgan fingerprint density at radius 1 is 1.21 bits per heavy atom. The molecule has 0 radical (unpaired) electrons. The summed E-state index contributed by atoms with van der Waals surface area (Å²) in [6.07, 6.45) is 12.8. The second-order valence-corrected chi connectivity index (χ2v) is 7.26. The number of aromatic nitrogens is 3. The molecule has 6 heteroatoms. The standard InChI is InChI=1S/C18H31N5O/c1-2-3-11-19-18(24)22-12-9-16(10-13-22)23-14-17(20-21-23)15-7-5-4-6-8-15/h14-16H,2-13H2,1H3,(H,19,24). The third-order valence-electron chi connectivity index (χ3n) is 5.48. The summed E-state index contributed by atoms with van der Waals surface area (Å²) in [6.45, 7) is 4.53. The second-order valence-electron chi connectivity index (χ2n) is 7.26. The minimum atomic E-state index is 0.0865. The van der Waals surface area contributed by atoms with Crippen LogP contribution in [0.4, 0.5) is 4.79 Å². The van der Waals surface area contributed by atoms with Gasteiger partial charge in [0.05, 0.1) is 11.7 Å². The molecule has 2 fully saturated rings. The number of hydrogen-bond donors (Lipinski definition) is 1. The fraction of sp³-hybridized carbons (Fsp3) is 0.833. The lowest BCUT2D eigenvalue weighted by molar-refractivity contribution is 0.168. The zero-order valence-electron chi connectivity index (χ0n) is 14.9. The molecule has 1 aromatic heterocycles. The summed E-state index contributed by atoms with van der Waals surface area (Å²) in [7, 11) is 0. The van der Waals surface area contributed by atoms with Crippen molar-refractivity contribution in [2.24, 2.45) is 0 Å². The molecule has 1 saturated heterocycles. The van der Waals surface area contributed by atoms with E-state index in [1.807, 2.05) is 4.90 Å². The molecule has 0 aromatic carbocycles. The zero-order chi connectivity index (χ0) is 16.8. The molecule has 2 aliphatic rings. The molecule has 1 saturated carbocycles. The minimum Gasteiger partial charge on any atom is -0.338 e. The molecular formula is C18H31N5O. The summed E-state index contributed by atoms with van der Waals surface area (Å²) < 4.78 is 2.05. The highest BCUT2D eigenvalue weighted by atomic mass is 16.2. The molecule has 1 N–H and O–H groups in total. The Morgan fingerprint density at radius 2 is 1.96 bits per heavy atom. The molecule has 0 unspecified atom stereocenters. The maximum atomic E-state index is 12.1. The first-order valence-electron chi connectivity index (χ1n) is 9.72. The van der Waals surface area contributed by atoms with Crippen molar-refractivity contribution in [2.45, 2.75) is 76.7 Å². The van der Waals surface area contributed by atoms with Gasteiger partial charge in [-0.3, -0.25) is 0 Å². The average Bonchev–Trinajstić information content (AvgIpc) is 3.13. The van der Waals surface area contributed by atoms with E-state index in [1.165, 1.54) is 37.8 Å². The van der Waals surface area contributed by atoms with Gasteiger partial charge in [-0.25, -0.2) is 9.48 Å². The number of urea groups is 1. The number of unbranched alkanes of at least 4 members (excludes halogenated alkanes) is 1. The molecule has 0 spiro atoms. The molecule has 0 bridgehead atoms. The number of piperidine rings is 1. The van der Waals surface area contributed by atoms with Crippen molar-refractivity contribution in [1.82, 2.24) is 25.2 Å². The number of carbonyl (C=O) groups excluding carboxylic acids is 1. The summed E-state index contributed by atoms with van der Waals surface area (Å²) in [4.78, 5) is 14.0. The van der Waals surface area contributed by atoms with Gasteiger partial charge in [-0.15, -0.1) is 5.10 Å². The molecule has 3 rings (SSSR count). The number of likely N-dealkylation sites (tertiary alicyclic amines) is 1. The predicted octanol–water partition coefficient (Wildman–Crippen LogP) is 3.47. The van der Waals surface area contributed by atoms with Gasteiger partial charge in [0.1, 0.15) is 0 Å². The third kappa shape index (κ3) is 4.28. The molecule has 24 heavy (non-hydrogen) atoms. The largest absolute Gasteiger partial charge is 0.338 e. The van der Waals surface area contributed by atoms with Crippen LogP contribution < -0.4 is 5.32 Å². The molecule has 134 valence electrons. The lowest BCUT2D eigenvalue weighted by Gasteiger charge is -2.31. The Labute approximate surface area is 145 Å². The third-order valence-corrected chi connectivity index (χ3v) is 5.48. The van der Waals surface area contributed by atoms with Gasteiger partial charge in [0.15, 0.2) is 0 Å². The molecule has 1 aliphatic carbocycles.